The van der Waals surface area contributed by atoms with E-state index in [-0.39, 0.29) is 34.1 Å². The number of hydrogen-bond donors (Lipinski definition) is 2. The number of carbonyl (C=O) groups excluding carboxylic acids is 2. The fourth-order valence-electron chi connectivity index (χ4n) is 5.48. The van der Waals surface area contributed by atoms with Gasteiger partial charge in [-0.1, -0.05) is 35.6 Å². The van der Waals surface area contributed by atoms with Crippen molar-refractivity contribution in [2.45, 2.75) is 18.9 Å². The van der Waals surface area contributed by atoms with E-state index in [1.54, 1.807) is 23.2 Å². The Labute approximate surface area is 285 Å². The number of pyridine rings is 2. The van der Waals surface area contributed by atoms with Gasteiger partial charge in [-0.25, -0.2) is 23.7 Å². The summed E-state index contributed by atoms with van der Waals surface area (Å²) in [5, 5.41) is 6.06. The Hall–Kier alpha value is -4.82. The molecule has 1 saturated carbocycles. The number of aromatic nitrogens is 3. The van der Waals surface area contributed by atoms with E-state index in [0.717, 1.165) is 35.7 Å². The number of para-hydroxylation sites is 1. The molecule has 0 bridgehead atoms. The molecule has 0 radical (unpaired) electrons. The van der Waals surface area contributed by atoms with Gasteiger partial charge in [-0.05, 0) is 49.2 Å². The Morgan fingerprint density at radius 2 is 1.96 bits per heavy atom. The maximum atomic E-state index is 14.2. The summed E-state index contributed by atoms with van der Waals surface area (Å²) >= 11 is 7.10. The molecule has 0 unspecified atom stereocenters. The molecule has 0 atom stereocenters. The van der Waals surface area contributed by atoms with Gasteiger partial charge in [-0.3, -0.25) is 9.59 Å². The molecule has 2 N–H and O–H groups in total. The first-order chi connectivity index (χ1) is 23.3. The Kier molecular flexibility index (Phi) is 10.0. The molecule has 1 saturated heterocycles. The lowest BCUT2D eigenvalue weighted by Crippen LogP contribution is -2.49. The zero-order valence-corrected chi connectivity index (χ0v) is 27.7. The van der Waals surface area contributed by atoms with Crippen LogP contribution in [0.15, 0.2) is 61.4 Å². The van der Waals surface area contributed by atoms with E-state index in [1.165, 1.54) is 37.6 Å². The highest BCUT2D eigenvalue weighted by Gasteiger charge is 2.33. The molecular weight excluding hydrogens is 662 g/mol. The summed E-state index contributed by atoms with van der Waals surface area (Å²) in [6.07, 6.45) is 6.37. The molecular formula is C33H33ClF2N8O3S. The zero-order valence-electron chi connectivity index (χ0n) is 26.1. The summed E-state index contributed by atoms with van der Waals surface area (Å²) in [4.78, 5) is 45.1. The van der Waals surface area contributed by atoms with Crippen molar-refractivity contribution in [2.24, 2.45) is 0 Å². The molecule has 250 valence electrons. The van der Waals surface area contributed by atoms with Gasteiger partial charge in [0, 0.05) is 50.5 Å². The van der Waals surface area contributed by atoms with Gasteiger partial charge in [-0.2, -0.15) is 0 Å². The van der Waals surface area contributed by atoms with Crippen LogP contribution in [0.2, 0.25) is 5.02 Å². The number of amides is 2. The van der Waals surface area contributed by atoms with Crippen LogP contribution in [0.3, 0.4) is 0 Å². The standard InChI is InChI=1S/C33H33ClF2N8O3S/c1-3-28(45)42-13-15-43(16-14-42)31-25(44(12-11-35)21-7-8-21)17-20(18-37-31)24-9-10-26(47-2)30(39-24)41-33-38-19-27(48-33)32(46)40-29-22(34)5-4-6-23(29)36/h3-6,9-10,17-19,21H,1,7-8,11-16H2,2H3,(H,40,46)(H,38,39,41). The lowest BCUT2D eigenvalue weighted by molar-refractivity contribution is -0.126. The van der Waals surface area contributed by atoms with Crippen LogP contribution in [0.4, 0.5) is 36.9 Å². The summed E-state index contributed by atoms with van der Waals surface area (Å²) in [6, 6.07) is 9.91. The largest absolute Gasteiger partial charge is 0.493 e. The Bertz CT molecular complexity index is 1810. The van der Waals surface area contributed by atoms with Crippen molar-refractivity contribution in [1.29, 1.82) is 0 Å². The van der Waals surface area contributed by atoms with Crippen molar-refractivity contribution in [3.05, 3.63) is 77.2 Å². The van der Waals surface area contributed by atoms with E-state index in [4.69, 9.17) is 26.3 Å². The summed E-state index contributed by atoms with van der Waals surface area (Å²) in [7, 11) is 1.52. The smallest absolute Gasteiger partial charge is 0.267 e. The number of piperazine rings is 1. The first-order valence-corrected chi connectivity index (χ1v) is 16.5. The number of hydrogen-bond acceptors (Lipinski definition) is 10. The molecule has 0 spiro atoms. The third-order valence-electron chi connectivity index (χ3n) is 8.07. The third-order valence-corrected chi connectivity index (χ3v) is 9.29. The van der Waals surface area contributed by atoms with E-state index in [1.807, 2.05) is 6.07 Å². The van der Waals surface area contributed by atoms with E-state index >= 15 is 0 Å². The molecule has 4 heterocycles. The number of carbonyl (C=O) groups is 2. The topological polar surface area (TPSA) is 116 Å². The predicted molar refractivity (Wildman–Crippen MR) is 184 cm³/mol. The maximum Gasteiger partial charge on any atom is 0.267 e. The van der Waals surface area contributed by atoms with Crippen molar-refractivity contribution in [2.75, 3.05) is 66.9 Å². The van der Waals surface area contributed by atoms with Crippen LogP contribution in [-0.4, -0.2) is 84.2 Å². The molecule has 15 heteroatoms. The number of ether oxygens (including phenoxy) is 1. The van der Waals surface area contributed by atoms with Crippen molar-refractivity contribution in [3.8, 4) is 17.0 Å². The van der Waals surface area contributed by atoms with Gasteiger partial charge in [0.25, 0.3) is 5.91 Å². The minimum atomic E-state index is -0.650. The van der Waals surface area contributed by atoms with Gasteiger partial charge < -0.3 is 30.1 Å². The molecule has 3 aromatic heterocycles. The number of alkyl halides is 1. The number of benzene rings is 1. The number of nitrogens with zero attached hydrogens (tertiary/aromatic N) is 6. The number of halogens is 3. The van der Waals surface area contributed by atoms with Crippen molar-refractivity contribution >= 4 is 62.9 Å². The highest BCUT2D eigenvalue weighted by molar-refractivity contribution is 7.17. The van der Waals surface area contributed by atoms with E-state index < -0.39 is 18.4 Å². The second-order valence-electron chi connectivity index (χ2n) is 11.1. The normalized spacial score (nSPS) is 14.4. The molecule has 2 aliphatic rings. The Balaban J connectivity index is 1.26. The van der Waals surface area contributed by atoms with Gasteiger partial charge in [0.1, 0.15) is 17.4 Å². The summed E-state index contributed by atoms with van der Waals surface area (Å²) < 4.78 is 33.6. The van der Waals surface area contributed by atoms with Gasteiger partial charge in [0.05, 0.1) is 35.4 Å². The van der Waals surface area contributed by atoms with Crippen LogP contribution in [0.1, 0.15) is 22.5 Å². The first kappa shape index (κ1) is 33.1. The average Bonchev–Trinajstić information content (AvgIpc) is 3.85. The van der Waals surface area contributed by atoms with Gasteiger partial charge in [-0.15, -0.1) is 0 Å². The minimum absolute atomic E-state index is 0.0789. The number of methoxy groups -OCH3 is 1. The highest BCUT2D eigenvalue weighted by atomic mass is 35.5. The van der Waals surface area contributed by atoms with Crippen molar-refractivity contribution in [1.82, 2.24) is 19.9 Å². The maximum absolute atomic E-state index is 14.2. The molecule has 4 aromatic rings. The molecule has 1 aliphatic carbocycles. The molecule has 48 heavy (non-hydrogen) atoms. The molecule has 2 fully saturated rings. The summed E-state index contributed by atoms with van der Waals surface area (Å²) in [6.45, 7) is 5.57. The average molecular weight is 695 g/mol. The van der Waals surface area contributed by atoms with Crippen molar-refractivity contribution < 1.29 is 23.1 Å². The van der Waals surface area contributed by atoms with E-state index in [0.29, 0.717) is 54.1 Å². The lowest BCUT2D eigenvalue weighted by Gasteiger charge is -2.37. The highest BCUT2D eigenvalue weighted by Crippen LogP contribution is 2.39. The van der Waals surface area contributed by atoms with E-state index in [9.17, 15) is 18.4 Å². The van der Waals surface area contributed by atoms with Crippen LogP contribution in [0.5, 0.6) is 5.75 Å². The quantitative estimate of drug-likeness (QED) is 0.168. The van der Waals surface area contributed by atoms with Gasteiger partial charge in [0.15, 0.2) is 22.5 Å². The number of anilines is 5. The van der Waals surface area contributed by atoms with Crippen LogP contribution in [0, 0.1) is 5.82 Å². The summed E-state index contributed by atoms with van der Waals surface area (Å²) in [5.41, 5.74) is 2.00. The molecule has 1 aromatic carbocycles. The van der Waals surface area contributed by atoms with E-state index in [2.05, 4.69) is 32.0 Å². The lowest BCUT2D eigenvalue weighted by atomic mass is 10.1. The SMILES string of the molecule is C=CC(=O)N1CCN(c2ncc(-c3ccc(OC)c(Nc4ncc(C(=O)Nc5c(F)cccc5Cl)s4)n3)cc2N(CCF)C2CC2)CC1. The van der Waals surface area contributed by atoms with Gasteiger partial charge >= 0.3 is 0 Å². The first-order valence-electron chi connectivity index (χ1n) is 15.3. The Morgan fingerprint density at radius 3 is 2.65 bits per heavy atom. The number of nitrogens with one attached hydrogen (secondary N) is 2. The second-order valence-corrected chi connectivity index (χ2v) is 12.6. The predicted octanol–water partition coefficient (Wildman–Crippen LogP) is 6.17. The van der Waals surface area contributed by atoms with Crippen LogP contribution < -0.4 is 25.2 Å². The van der Waals surface area contributed by atoms with Crippen LogP contribution in [0.25, 0.3) is 11.3 Å². The minimum Gasteiger partial charge on any atom is -0.493 e. The number of rotatable bonds is 12. The van der Waals surface area contributed by atoms with Crippen molar-refractivity contribution in [3.63, 3.8) is 0 Å². The molecule has 1 aliphatic heterocycles. The Morgan fingerprint density at radius 1 is 1.17 bits per heavy atom. The van der Waals surface area contributed by atoms with Crippen LogP contribution in [-0.2, 0) is 4.79 Å². The molecule has 11 nitrogen and oxygen atoms in total. The second kappa shape index (κ2) is 14.5. The molecule has 6 rings (SSSR count). The van der Waals surface area contributed by atoms with Gasteiger partial charge in [0.2, 0.25) is 5.91 Å². The fourth-order valence-corrected chi connectivity index (χ4v) is 6.40. The fraction of sp³-hybridized carbons (Fsp3) is 0.303. The zero-order chi connectivity index (χ0) is 33.8. The summed E-state index contributed by atoms with van der Waals surface area (Å²) in [5.74, 6) is 0.207. The third kappa shape index (κ3) is 7.19. The monoisotopic (exact) mass is 694 g/mol. The number of thiazole rings is 1. The van der Waals surface area contributed by atoms with Crippen LogP contribution >= 0.6 is 22.9 Å². The molecule has 2 amide bonds.